The molecule has 1 aromatic carbocycles. The first-order chi connectivity index (χ1) is 11.3. The summed E-state index contributed by atoms with van der Waals surface area (Å²) in [5.74, 6) is 1.71. The number of ether oxygens (including phenoxy) is 1. The normalized spacial score (nSPS) is 21.6. The summed E-state index contributed by atoms with van der Waals surface area (Å²) in [5.41, 5.74) is 2.80. The molecule has 0 heterocycles. The lowest BCUT2D eigenvalue weighted by atomic mass is 9.77. The molecule has 2 rings (SSSR count). The van der Waals surface area contributed by atoms with Crippen molar-refractivity contribution in [3.05, 3.63) is 60.2 Å². The molecular formula is C22H32O. The van der Waals surface area contributed by atoms with E-state index in [1.54, 1.807) is 0 Å². The summed E-state index contributed by atoms with van der Waals surface area (Å²) in [7, 11) is 0. The first-order valence-corrected chi connectivity index (χ1v) is 9.22. The second-order valence-electron chi connectivity index (χ2n) is 6.74. The molecule has 0 bridgehead atoms. The minimum atomic E-state index is 0.714. The van der Waals surface area contributed by atoms with Gasteiger partial charge in [-0.05, 0) is 74.8 Å². The highest BCUT2D eigenvalue weighted by molar-refractivity contribution is 5.25. The Bertz CT molecular complexity index is 463. The molecule has 1 aliphatic carbocycles. The van der Waals surface area contributed by atoms with Gasteiger partial charge in [0.2, 0.25) is 0 Å². The Morgan fingerprint density at radius 1 is 1.09 bits per heavy atom. The maximum Gasteiger partial charge on any atom is 0.0717 e. The first kappa shape index (κ1) is 18.0. The number of hydrogen-bond acceptors (Lipinski definition) is 1. The second-order valence-corrected chi connectivity index (χ2v) is 6.74. The summed E-state index contributed by atoms with van der Waals surface area (Å²) in [6, 6.07) is 9.11. The molecule has 1 fully saturated rings. The molecule has 0 radical (unpaired) electrons. The van der Waals surface area contributed by atoms with Crippen molar-refractivity contribution in [3.8, 4) is 0 Å². The van der Waals surface area contributed by atoms with Crippen molar-refractivity contribution in [2.24, 2.45) is 5.92 Å². The van der Waals surface area contributed by atoms with Gasteiger partial charge in [-0.25, -0.2) is 0 Å². The van der Waals surface area contributed by atoms with Crippen molar-refractivity contribution in [1.29, 1.82) is 0 Å². The Morgan fingerprint density at radius 2 is 1.83 bits per heavy atom. The van der Waals surface area contributed by atoms with Crippen LogP contribution in [0.25, 0.3) is 0 Å². The zero-order chi connectivity index (χ0) is 16.3. The predicted octanol–water partition coefficient (Wildman–Crippen LogP) is 6.41. The van der Waals surface area contributed by atoms with Crippen molar-refractivity contribution < 1.29 is 4.74 Å². The number of rotatable bonds is 9. The highest BCUT2D eigenvalue weighted by atomic mass is 16.5. The largest absolute Gasteiger partial charge is 0.376 e. The van der Waals surface area contributed by atoms with Crippen molar-refractivity contribution in [3.63, 3.8) is 0 Å². The van der Waals surface area contributed by atoms with E-state index in [2.05, 4.69) is 49.9 Å². The molecule has 23 heavy (non-hydrogen) atoms. The third-order valence-corrected chi connectivity index (χ3v) is 5.01. The zero-order valence-electron chi connectivity index (χ0n) is 14.7. The van der Waals surface area contributed by atoms with Gasteiger partial charge in [0.05, 0.1) is 13.2 Å². The summed E-state index contributed by atoms with van der Waals surface area (Å²) < 4.78 is 5.63. The number of hydrogen-bond donors (Lipinski definition) is 0. The fourth-order valence-electron chi connectivity index (χ4n) is 3.53. The molecule has 0 amide bonds. The molecule has 1 heteroatoms. The van der Waals surface area contributed by atoms with Crippen molar-refractivity contribution in [1.82, 2.24) is 0 Å². The molecular weight excluding hydrogens is 280 g/mol. The second kappa shape index (κ2) is 10.4. The van der Waals surface area contributed by atoms with Gasteiger partial charge in [-0.1, -0.05) is 42.5 Å². The Kier molecular flexibility index (Phi) is 8.17. The smallest absolute Gasteiger partial charge is 0.0717 e. The van der Waals surface area contributed by atoms with Crippen LogP contribution >= 0.6 is 0 Å². The van der Waals surface area contributed by atoms with Crippen LogP contribution in [0.5, 0.6) is 0 Å². The minimum Gasteiger partial charge on any atom is -0.376 e. The number of allylic oxidation sites excluding steroid dienone is 2. The van der Waals surface area contributed by atoms with E-state index in [-0.39, 0.29) is 0 Å². The van der Waals surface area contributed by atoms with E-state index in [1.165, 1.54) is 49.7 Å². The molecule has 0 aromatic heterocycles. The zero-order valence-corrected chi connectivity index (χ0v) is 14.7. The van der Waals surface area contributed by atoms with Crippen LogP contribution in [-0.4, -0.2) is 6.61 Å². The topological polar surface area (TPSA) is 9.23 Å². The van der Waals surface area contributed by atoms with Crippen LogP contribution < -0.4 is 0 Å². The van der Waals surface area contributed by atoms with E-state index >= 15 is 0 Å². The Morgan fingerprint density at radius 3 is 2.48 bits per heavy atom. The lowest BCUT2D eigenvalue weighted by molar-refractivity contribution is 0.125. The van der Waals surface area contributed by atoms with Gasteiger partial charge in [0.15, 0.2) is 0 Å². The Labute approximate surface area is 142 Å². The minimum absolute atomic E-state index is 0.714. The van der Waals surface area contributed by atoms with Gasteiger partial charge < -0.3 is 4.74 Å². The quantitative estimate of drug-likeness (QED) is 0.378. The van der Waals surface area contributed by atoms with Gasteiger partial charge in [0.1, 0.15) is 0 Å². The summed E-state index contributed by atoms with van der Waals surface area (Å²) in [5, 5.41) is 0. The van der Waals surface area contributed by atoms with E-state index in [0.29, 0.717) is 6.61 Å². The molecule has 0 aliphatic heterocycles. The fourth-order valence-corrected chi connectivity index (χ4v) is 3.53. The third kappa shape index (κ3) is 6.35. The first-order valence-electron chi connectivity index (χ1n) is 9.22. The van der Waals surface area contributed by atoms with Gasteiger partial charge in [0.25, 0.3) is 0 Å². The predicted molar refractivity (Wildman–Crippen MR) is 99.7 cm³/mol. The molecule has 1 aliphatic rings. The van der Waals surface area contributed by atoms with Crippen LogP contribution in [0.4, 0.5) is 0 Å². The Balaban J connectivity index is 1.74. The van der Waals surface area contributed by atoms with E-state index < -0.39 is 0 Å². The number of benzene rings is 1. The molecule has 0 spiro atoms. The van der Waals surface area contributed by atoms with E-state index in [4.69, 9.17) is 4.74 Å². The molecule has 1 nitrogen and oxygen atoms in total. The standard InChI is InChI=1S/C22H32O/c1-3-5-7-8-19-9-13-21(14-10-19)22-15-11-20(12-16-22)18-23-17-6-4-2/h3-5,11-12,15-16,19,21H,2,6-10,13-14,17-18H2,1H3/b5-3+/t19-,21-. The van der Waals surface area contributed by atoms with Gasteiger partial charge in [-0.15, -0.1) is 6.58 Å². The average Bonchev–Trinajstić information content (AvgIpc) is 2.60. The van der Waals surface area contributed by atoms with Crippen molar-refractivity contribution >= 4 is 0 Å². The summed E-state index contributed by atoms with van der Waals surface area (Å²) in [6.07, 6.45) is 15.4. The summed E-state index contributed by atoms with van der Waals surface area (Å²) >= 11 is 0. The van der Waals surface area contributed by atoms with Crippen LogP contribution in [0, 0.1) is 5.92 Å². The molecule has 1 aromatic rings. The van der Waals surface area contributed by atoms with Crippen LogP contribution in [-0.2, 0) is 11.3 Å². The summed E-state index contributed by atoms with van der Waals surface area (Å²) in [4.78, 5) is 0. The highest BCUT2D eigenvalue weighted by Gasteiger charge is 2.21. The molecule has 0 saturated heterocycles. The van der Waals surface area contributed by atoms with E-state index in [9.17, 15) is 0 Å². The van der Waals surface area contributed by atoms with Crippen LogP contribution in [0.3, 0.4) is 0 Å². The molecule has 0 atom stereocenters. The molecule has 1 saturated carbocycles. The van der Waals surface area contributed by atoms with Gasteiger partial charge in [0, 0.05) is 0 Å². The SMILES string of the molecule is C=CCCOCc1ccc([C@H]2CC[C@H](CC/C=C/C)CC2)cc1. The monoisotopic (exact) mass is 312 g/mol. The molecule has 0 unspecified atom stereocenters. The lowest BCUT2D eigenvalue weighted by Crippen LogP contribution is -2.13. The maximum atomic E-state index is 5.63. The van der Waals surface area contributed by atoms with Crippen LogP contribution in [0.2, 0.25) is 0 Å². The fraction of sp³-hybridized carbons (Fsp3) is 0.545. The van der Waals surface area contributed by atoms with Crippen molar-refractivity contribution in [2.75, 3.05) is 6.61 Å². The third-order valence-electron chi connectivity index (χ3n) is 5.01. The highest BCUT2D eigenvalue weighted by Crippen LogP contribution is 2.37. The lowest BCUT2D eigenvalue weighted by Gasteiger charge is -2.28. The molecule has 126 valence electrons. The van der Waals surface area contributed by atoms with E-state index in [1.807, 2.05) is 6.08 Å². The average molecular weight is 312 g/mol. The van der Waals surface area contributed by atoms with Gasteiger partial charge >= 0.3 is 0 Å². The summed E-state index contributed by atoms with van der Waals surface area (Å²) in [6.45, 7) is 7.31. The van der Waals surface area contributed by atoms with E-state index in [0.717, 1.165) is 24.9 Å². The van der Waals surface area contributed by atoms with Crippen LogP contribution in [0.1, 0.15) is 68.9 Å². The van der Waals surface area contributed by atoms with Crippen molar-refractivity contribution in [2.45, 2.75) is 64.4 Å². The van der Waals surface area contributed by atoms with Crippen LogP contribution in [0.15, 0.2) is 49.1 Å². The van der Waals surface area contributed by atoms with Gasteiger partial charge in [-0.3, -0.25) is 0 Å². The van der Waals surface area contributed by atoms with Gasteiger partial charge in [-0.2, -0.15) is 0 Å². The maximum absolute atomic E-state index is 5.63. The Hall–Kier alpha value is -1.34. The molecule has 0 N–H and O–H groups in total.